The molecule has 1 aromatic carbocycles. The van der Waals surface area contributed by atoms with Gasteiger partial charge in [0.2, 0.25) is 5.91 Å². The van der Waals surface area contributed by atoms with Gasteiger partial charge in [0.25, 0.3) is 0 Å². The highest BCUT2D eigenvalue weighted by Crippen LogP contribution is 2.11. The average molecular weight is 257 g/mol. The lowest BCUT2D eigenvalue weighted by atomic mass is 10.1. The Morgan fingerprint density at radius 2 is 2.16 bits per heavy atom. The number of H-pyrrole nitrogens is 1. The molecule has 1 heterocycles. The number of carbonyl (C=O) groups excluding carboxylic acids is 1. The summed E-state index contributed by atoms with van der Waals surface area (Å²) in [6.07, 6.45) is 3.64. The zero-order valence-electron chi connectivity index (χ0n) is 10.6. The van der Waals surface area contributed by atoms with E-state index >= 15 is 0 Å². The van der Waals surface area contributed by atoms with Gasteiger partial charge in [-0.3, -0.25) is 4.79 Å². The fourth-order valence-corrected chi connectivity index (χ4v) is 1.57. The van der Waals surface area contributed by atoms with Crippen molar-refractivity contribution in [2.45, 2.75) is 6.42 Å². The molecule has 0 saturated carbocycles. The molecule has 0 unspecified atom stereocenters. The van der Waals surface area contributed by atoms with Gasteiger partial charge in [0.1, 0.15) is 5.75 Å². The molecule has 0 spiro atoms. The van der Waals surface area contributed by atoms with Crippen molar-refractivity contribution in [1.29, 1.82) is 0 Å². The number of hydrazone groups is 1. The molecule has 1 aromatic heterocycles. The van der Waals surface area contributed by atoms with E-state index in [2.05, 4.69) is 15.5 Å². The maximum atomic E-state index is 11.6. The number of hydrogen-bond acceptors (Lipinski definition) is 3. The normalized spacial score (nSPS) is 10.6. The van der Waals surface area contributed by atoms with Crippen LogP contribution in [0.2, 0.25) is 0 Å². The lowest BCUT2D eigenvalue weighted by Gasteiger charge is -2.02. The van der Waals surface area contributed by atoms with Gasteiger partial charge in [-0.2, -0.15) is 5.10 Å². The van der Waals surface area contributed by atoms with Gasteiger partial charge in [-0.25, -0.2) is 5.43 Å². The highest BCUT2D eigenvalue weighted by molar-refractivity contribution is 5.82. The summed E-state index contributed by atoms with van der Waals surface area (Å²) >= 11 is 0. The van der Waals surface area contributed by atoms with Crippen LogP contribution >= 0.6 is 0 Å². The number of carbonyl (C=O) groups is 1. The van der Waals surface area contributed by atoms with Crippen molar-refractivity contribution in [3.8, 4) is 5.75 Å². The number of ether oxygens (including phenoxy) is 1. The van der Waals surface area contributed by atoms with Crippen molar-refractivity contribution in [3.05, 3.63) is 53.9 Å². The molecular formula is C14H15N3O2. The minimum absolute atomic E-state index is 0.159. The number of hydrogen-bond donors (Lipinski definition) is 2. The Hall–Kier alpha value is -2.56. The molecule has 0 saturated heterocycles. The van der Waals surface area contributed by atoms with Crippen LogP contribution < -0.4 is 10.2 Å². The van der Waals surface area contributed by atoms with Gasteiger partial charge in [-0.1, -0.05) is 12.1 Å². The van der Waals surface area contributed by atoms with E-state index in [1.54, 1.807) is 19.5 Å². The first-order chi connectivity index (χ1) is 9.28. The molecular weight excluding hydrogens is 242 g/mol. The Kier molecular flexibility index (Phi) is 4.34. The van der Waals surface area contributed by atoms with Crippen LogP contribution in [0.15, 0.2) is 47.7 Å². The molecule has 0 fully saturated rings. The summed E-state index contributed by atoms with van der Waals surface area (Å²) in [5.41, 5.74) is 4.23. The van der Waals surface area contributed by atoms with Crippen molar-refractivity contribution < 1.29 is 9.53 Å². The molecule has 0 aliphatic rings. The Balaban J connectivity index is 1.83. The molecule has 0 aliphatic carbocycles. The molecule has 0 aliphatic heterocycles. The van der Waals surface area contributed by atoms with E-state index in [4.69, 9.17) is 4.74 Å². The lowest BCUT2D eigenvalue weighted by Crippen LogP contribution is -2.19. The molecule has 2 rings (SSSR count). The second-order valence-corrected chi connectivity index (χ2v) is 3.94. The quantitative estimate of drug-likeness (QED) is 0.632. The van der Waals surface area contributed by atoms with Gasteiger partial charge >= 0.3 is 0 Å². The fourth-order valence-electron chi connectivity index (χ4n) is 1.57. The van der Waals surface area contributed by atoms with Gasteiger partial charge in [-0.05, 0) is 29.8 Å². The van der Waals surface area contributed by atoms with Gasteiger partial charge in [0.15, 0.2) is 0 Å². The molecule has 5 nitrogen and oxygen atoms in total. The summed E-state index contributed by atoms with van der Waals surface area (Å²) in [4.78, 5) is 14.6. The van der Waals surface area contributed by atoms with Gasteiger partial charge in [-0.15, -0.1) is 0 Å². The number of rotatable bonds is 5. The summed E-state index contributed by atoms with van der Waals surface area (Å²) in [5, 5.41) is 3.86. The number of benzene rings is 1. The second-order valence-electron chi connectivity index (χ2n) is 3.94. The number of nitrogens with zero attached hydrogens (tertiary/aromatic N) is 1. The predicted octanol–water partition coefficient (Wildman–Crippen LogP) is 1.72. The van der Waals surface area contributed by atoms with Gasteiger partial charge < -0.3 is 9.72 Å². The molecule has 0 bridgehead atoms. The van der Waals surface area contributed by atoms with E-state index in [-0.39, 0.29) is 12.3 Å². The van der Waals surface area contributed by atoms with Crippen molar-refractivity contribution in [2.24, 2.45) is 5.10 Å². The third kappa shape index (κ3) is 3.99. The van der Waals surface area contributed by atoms with Crippen LogP contribution in [0.4, 0.5) is 0 Å². The average Bonchev–Trinajstić information content (AvgIpc) is 2.93. The summed E-state index contributed by atoms with van der Waals surface area (Å²) in [7, 11) is 1.61. The largest absolute Gasteiger partial charge is 0.497 e. The van der Waals surface area contributed by atoms with E-state index in [1.165, 1.54) is 0 Å². The maximum Gasteiger partial charge on any atom is 0.244 e. The number of aromatic amines is 1. The third-order valence-electron chi connectivity index (χ3n) is 2.54. The summed E-state index contributed by atoms with van der Waals surface area (Å²) in [6.45, 7) is 0. The Morgan fingerprint density at radius 3 is 2.79 bits per heavy atom. The standard InChI is InChI=1S/C14H15N3O2/c1-19-13-6-4-11(5-7-13)9-14(18)17-16-10-12-3-2-8-15-12/h2-8,10,15H,9H2,1H3,(H,17,18). The SMILES string of the molecule is COc1ccc(CC(=O)NN=Cc2ccc[nH]2)cc1. The number of nitrogens with one attached hydrogen (secondary N) is 2. The molecule has 2 N–H and O–H groups in total. The van der Waals surface area contributed by atoms with E-state index in [0.717, 1.165) is 17.0 Å². The number of aromatic nitrogens is 1. The summed E-state index contributed by atoms with van der Waals surface area (Å²) in [6, 6.07) is 11.1. The first-order valence-electron chi connectivity index (χ1n) is 5.86. The minimum atomic E-state index is -0.159. The predicted molar refractivity (Wildman–Crippen MR) is 73.2 cm³/mol. The minimum Gasteiger partial charge on any atom is -0.497 e. The molecule has 2 aromatic rings. The van der Waals surface area contributed by atoms with Crippen LogP contribution in [0.1, 0.15) is 11.3 Å². The first-order valence-corrected chi connectivity index (χ1v) is 5.86. The highest BCUT2D eigenvalue weighted by atomic mass is 16.5. The first kappa shape index (κ1) is 12.9. The van der Waals surface area contributed by atoms with Crippen LogP contribution in [0, 0.1) is 0 Å². The smallest absolute Gasteiger partial charge is 0.244 e. The van der Waals surface area contributed by atoms with Crippen LogP contribution in [0.5, 0.6) is 5.75 Å². The Bertz CT molecular complexity index is 545. The Labute approximate surface area is 111 Å². The zero-order chi connectivity index (χ0) is 13.5. The monoisotopic (exact) mass is 257 g/mol. The maximum absolute atomic E-state index is 11.6. The zero-order valence-corrected chi connectivity index (χ0v) is 10.6. The van der Waals surface area contributed by atoms with Crippen LogP contribution in [-0.4, -0.2) is 24.2 Å². The van der Waals surface area contributed by atoms with Crippen molar-refractivity contribution in [3.63, 3.8) is 0 Å². The summed E-state index contributed by atoms with van der Waals surface area (Å²) in [5.74, 6) is 0.613. The van der Waals surface area contributed by atoms with Crippen molar-refractivity contribution in [1.82, 2.24) is 10.4 Å². The molecule has 19 heavy (non-hydrogen) atoms. The fraction of sp³-hybridized carbons (Fsp3) is 0.143. The van der Waals surface area contributed by atoms with Gasteiger partial charge in [0.05, 0.1) is 25.4 Å². The molecule has 1 amide bonds. The lowest BCUT2D eigenvalue weighted by molar-refractivity contribution is -0.120. The van der Waals surface area contributed by atoms with E-state index in [9.17, 15) is 4.79 Å². The van der Waals surface area contributed by atoms with Crippen LogP contribution in [0.25, 0.3) is 0 Å². The molecule has 5 heteroatoms. The van der Waals surface area contributed by atoms with Crippen LogP contribution in [-0.2, 0) is 11.2 Å². The second kappa shape index (κ2) is 6.39. The highest BCUT2D eigenvalue weighted by Gasteiger charge is 2.02. The topological polar surface area (TPSA) is 66.5 Å². The Morgan fingerprint density at radius 1 is 1.37 bits per heavy atom. The van der Waals surface area contributed by atoms with E-state index in [0.29, 0.717) is 0 Å². The number of amides is 1. The van der Waals surface area contributed by atoms with E-state index in [1.807, 2.05) is 36.4 Å². The van der Waals surface area contributed by atoms with E-state index < -0.39 is 0 Å². The summed E-state index contributed by atoms with van der Waals surface area (Å²) < 4.78 is 5.05. The third-order valence-corrected chi connectivity index (χ3v) is 2.54. The molecule has 98 valence electrons. The molecule has 0 atom stereocenters. The number of methoxy groups -OCH3 is 1. The van der Waals surface area contributed by atoms with Crippen molar-refractivity contribution >= 4 is 12.1 Å². The van der Waals surface area contributed by atoms with Crippen LogP contribution in [0.3, 0.4) is 0 Å². The van der Waals surface area contributed by atoms with Gasteiger partial charge in [0, 0.05) is 6.20 Å². The van der Waals surface area contributed by atoms with Crippen molar-refractivity contribution in [2.75, 3.05) is 7.11 Å². The molecule has 0 radical (unpaired) electrons.